The maximum Gasteiger partial charge on any atom is 0.326 e. The molecule has 0 fully saturated rings. The molecule has 0 saturated heterocycles. The van der Waals surface area contributed by atoms with Crippen molar-refractivity contribution in [3.8, 4) is 11.1 Å². The Bertz CT molecular complexity index is 1720. The first-order valence-corrected chi connectivity index (χ1v) is 14.8. The van der Waals surface area contributed by atoms with Crippen molar-refractivity contribution in [1.29, 1.82) is 0 Å². The van der Waals surface area contributed by atoms with Gasteiger partial charge in [0.15, 0.2) is 5.76 Å². The number of furan rings is 1. The summed E-state index contributed by atoms with van der Waals surface area (Å²) in [7, 11) is 0. The highest BCUT2D eigenvalue weighted by molar-refractivity contribution is 6.06. The molecule has 0 bridgehead atoms. The number of rotatable bonds is 9. The quantitative estimate of drug-likeness (QED) is 0.156. The molecule has 4 rings (SSSR count). The van der Waals surface area contributed by atoms with Crippen molar-refractivity contribution in [2.24, 2.45) is 22.7 Å². The normalized spacial score (nSPS) is 13.9. The fourth-order valence-electron chi connectivity index (χ4n) is 5.92. The lowest BCUT2D eigenvalue weighted by Crippen LogP contribution is -2.56. The molecule has 1 aromatic heterocycles. The summed E-state index contributed by atoms with van der Waals surface area (Å²) in [6.07, 6.45) is 0. The molecule has 0 aliphatic carbocycles. The van der Waals surface area contributed by atoms with Gasteiger partial charge in [0.2, 0.25) is 0 Å². The molecule has 0 radical (unpaired) electrons. The van der Waals surface area contributed by atoms with Gasteiger partial charge in [-0.05, 0) is 59.2 Å². The van der Waals surface area contributed by atoms with Crippen LogP contribution in [-0.4, -0.2) is 40.0 Å². The molecule has 1 heterocycles. The van der Waals surface area contributed by atoms with E-state index in [2.05, 4.69) is 10.6 Å². The van der Waals surface area contributed by atoms with Crippen LogP contribution < -0.4 is 10.6 Å². The van der Waals surface area contributed by atoms with Crippen molar-refractivity contribution in [2.45, 2.75) is 54.5 Å². The van der Waals surface area contributed by atoms with Gasteiger partial charge in [-0.1, -0.05) is 84.0 Å². The van der Waals surface area contributed by atoms with Crippen LogP contribution in [0, 0.1) is 29.6 Å². The molecule has 4 aromatic rings. The van der Waals surface area contributed by atoms with Gasteiger partial charge in [-0.15, -0.1) is 0 Å². The standard InChI is InChI=1S/C36H40N2O7/c1-20-25-10-8-9-11-26(25)45-30(20)32(40)37-24-18-16-22(17-19-24)21-12-14-23(15-13-21)31(39)38-29(34(43)44)27(35(2,3)4)28(33(41)42)36(5,6)7/h8-19,27-29H,1-7H3,(H,37,40)(H,38,39)(H,41,42)(H,43,44). The SMILES string of the molecule is Cc1c(C(=O)Nc2ccc(-c3ccc(C(=O)NC(C(=O)O)C(C(C(=O)O)C(C)(C)C)C(C)(C)C)cc3)cc2)oc2ccccc12. The average Bonchev–Trinajstić information content (AvgIpc) is 3.30. The second kappa shape index (κ2) is 12.6. The van der Waals surface area contributed by atoms with Gasteiger partial charge in [-0.2, -0.15) is 0 Å². The highest BCUT2D eigenvalue weighted by Gasteiger charge is 2.50. The van der Waals surface area contributed by atoms with Crippen molar-refractivity contribution in [1.82, 2.24) is 5.32 Å². The Balaban J connectivity index is 1.49. The molecule has 2 amide bonds. The molecule has 3 atom stereocenters. The van der Waals surface area contributed by atoms with E-state index in [4.69, 9.17) is 4.42 Å². The number of benzene rings is 3. The third kappa shape index (κ3) is 7.25. The summed E-state index contributed by atoms with van der Waals surface area (Å²) < 4.78 is 5.76. The molecule has 45 heavy (non-hydrogen) atoms. The van der Waals surface area contributed by atoms with E-state index >= 15 is 0 Å². The predicted molar refractivity (Wildman–Crippen MR) is 173 cm³/mol. The number of aryl methyl sites for hydroxylation is 1. The number of hydrogen-bond acceptors (Lipinski definition) is 5. The van der Waals surface area contributed by atoms with Crippen molar-refractivity contribution >= 4 is 40.4 Å². The zero-order chi connectivity index (χ0) is 33.3. The Morgan fingerprint density at radius 1 is 0.711 bits per heavy atom. The third-order valence-corrected chi connectivity index (χ3v) is 8.14. The van der Waals surface area contributed by atoms with Crippen LogP contribution in [0.5, 0.6) is 0 Å². The molecule has 3 aromatic carbocycles. The minimum absolute atomic E-state index is 0.241. The van der Waals surface area contributed by atoms with Crippen LogP contribution in [0.25, 0.3) is 22.1 Å². The highest BCUT2D eigenvalue weighted by Crippen LogP contribution is 2.43. The van der Waals surface area contributed by atoms with E-state index in [1.165, 1.54) is 0 Å². The lowest BCUT2D eigenvalue weighted by atomic mass is 9.61. The summed E-state index contributed by atoms with van der Waals surface area (Å²) in [6, 6.07) is 19.9. The first-order chi connectivity index (χ1) is 21.0. The summed E-state index contributed by atoms with van der Waals surface area (Å²) in [5, 5.41) is 26.6. The van der Waals surface area contributed by atoms with Gasteiger partial charge in [-0.25, -0.2) is 4.79 Å². The Hall–Kier alpha value is -4.92. The van der Waals surface area contributed by atoms with Crippen LogP contribution in [0.15, 0.2) is 77.2 Å². The Morgan fingerprint density at radius 2 is 1.27 bits per heavy atom. The van der Waals surface area contributed by atoms with E-state index in [1.807, 2.05) is 43.3 Å². The van der Waals surface area contributed by atoms with E-state index in [0.29, 0.717) is 11.3 Å². The number of fused-ring (bicyclic) bond motifs is 1. The number of hydrogen-bond donors (Lipinski definition) is 4. The first kappa shape index (κ1) is 33.0. The van der Waals surface area contributed by atoms with Crippen LogP contribution in [0.1, 0.15) is 68.0 Å². The number of anilines is 1. The highest BCUT2D eigenvalue weighted by atomic mass is 16.4. The molecule has 3 unspecified atom stereocenters. The van der Waals surface area contributed by atoms with Crippen molar-refractivity contribution in [3.05, 3.63) is 89.7 Å². The van der Waals surface area contributed by atoms with Gasteiger partial charge in [0, 0.05) is 28.1 Å². The minimum Gasteiger partial charge on any atom is -0.481 e. The lowest BCUT2D eigenvalue weighted by molar-refractivity contribution is -0.155. The molecular weight excluding hydrogens is 572 g/mol. The zero-order valence-corrected chi connectivity index (χ0v) is 26.6. The summed E-state index contributed by atoms with van der Waals surface area (Å²) in [4.78, 5) is 50.9. The number of carbonyl (C=O) groups is 4. The van der Waals surface area contributed by atoms with Gasteiger partial charge < -0.3 is 25.3 Å². The number of carboxylic acids is 2. The van der Waals surface area contributed by atoms with Gasteiger partial charge in [0.25, 0.3) is 11.8 Å². The molecule has 0 aliphatic heterocycles. The summed E-state index contributed by atoms with van der Waals surface area (Å²) >= 11 is 0. The number of aliphatic carboxylic acids is 2. The maximum absolute atomic E-state index is 13.3. The van der Waals surface area contributed by atoms with Gasteiger partial charge in [0.05, 0.1) is 5.92 Å². The Labute approximate surface area is 262 Å². The molecule has 0 spiro atoms. The average molecular weight is 613 g/mol. The molecular formula is C36H40N2O7. The minimum atomic E-state index is -1.43. The molecule has 4 N–H and O–H groups in total. The van der Waals surface area contributed by atoms with Gasteiger partial charge in [-0.3, -0.25) is 14.4 Å². The summed E-state index contributed by atoms with van der Waals surface area (Å²) in [5.41, 5.74) is 2.39. The van der Waals surface area contributed by atoms with Crippen LogP contribution in [0.4, 0.5) is 5.69 Å². The fraction of sp³-hybridized carbons (Fsp3) is 0.333. The van der Waals surface area contributed by atoms with E-state index in [0.717, 1.165) is 22.1 Å². The van der Waals surface area contributed by atoms with E-state index in [-0.39, 0.29) is 17.2 Å². The number of amides is 2. The first-order valence-electron chi connectivity index (χ1n) is 14.8. The largest absolute Gasteiger partial charge is 0.481 e. The number of nitrogens with one attached hydrogen (secondary N) is 2. The molecule has 0 aliphatic rings. The van der Waals surface area contributed by atoms with Crippen molar-refractivity contribution < 1.29 is 33.8 Å². The number of carboxylic acid groups (broad SMARTS) is 2. The van der Waals surface area contributed by atoms with Crippen molar-refractivity contribution in [2.75, 3.05) is 5.32 Å². The smallest absolute Gasteiger partial charge is 0.326 e. The van der Waals surface area contributed by atoms with E-state index < -0.39 is 46.6 Å². The monoisotopic (exact) mass is 612 g/mol. The molecule has 9 nitrogen and oxygen atoms in total. The molecule has 0 saturated carbocycles. The second-order valence-corrected chi connectivity index (χ2v) is 13.5. The molecule has 9 heteroatoms. The third-order valence-electron chi connectivity index (χ3n) is 8.14. The predicted octanol–water partition coefficient (Wildman–Crippen LogP) is 7.25. The maximum atomic E-state index is 13.3. The lowest BCUT2D eigenvalue weighted by Gasteiger charge is -2.44. The Kier molecular flexibility index (Phi) is 9.23. The van der Waals surface area contributed by atoms with Crippen LogP contribution in [-0.2, 0) is 9.59 Å². The van der Waals surface area contributed by atoms with Crippen molar-refractivity contribution in [3.63, 3.8) is 0 Å². The number of para-hydroxylation sites is 1. The molecule has 236 valence electrons. The Morgan fingerprint density at radius 3 is 1.76 bits per heavy atom. The van der Waals surface area contributed by atoms with E-state index in [9.17, 15) is 29.4 Å². The van der Waals surface area contributed by atoms with Crippen LogP contribution in [0.3, 0.4) is 0 Å². The van der Waals surface area contributed by atoms with Crippen LogP contribution >= 0.6 is 0 Å². The van der Waals surface area contributed by atoms with E-state index in [1.54, 1.807) is 77.9 Å². The fourth-order valence-corrected chi connectivity index (χ4v) is 5.92. The second-order valence-electron chi connectivity index (χ2n) is 13.5. The topological polar surface area (TPSA) is 146 Å². The van der Waals surface area contributed by atoms with Crippen LogP contribution in [0.2, 0.25) is 0 Å². The zero-order valence-electron chi connectivity index (χ0n) is 26.6. The van der Waals surface area contributed by atoms with Gasteiger partial charge in [0.1, 0.15) is 11.6 Å². The number of carbonyl (C=O) groups excluding carboxylic acids is 2. The summed E-state index contributed by atoms with van der Waals surface area (Å²) in [5.74, 6) is -5.04. The van der Waals surface area contributed by atoms with Gasteiger partial charge >= 0.3 is 11.9 Å². The summed E-state index contributed by atoms with van der Waals surface area (Å²) in [6.45, 7) is 12.5.